The van der Waals surface area contributed by atoms with Gasteiger partial charge in [-0.2, -0.15) is 9.69 Å². The first-order chi connectivity index (χ1) is 25.4. The van der Waals surface area contributed by atoms with Crippen LogP contribution in [0.3, 0.4) is 0 Å². The van der Waals surface area contributed by atoms with Gasteiger partial charge in [0.05, 0.1) is 31.4 Å². The molecule has 2 aliphatic rings. The smallest absolute Gasteiger partial charge is 0.516 e. The number of ether oxygens (including phenoxy) is 1. The van der Waals surface area contributed by atoms with Crippen LogP contribution in [0.1, 0.15) is 30.9 Å². The molecule has 4 rings (SSSR count). The van der Waals surface area contributed by atoms with Crippen LogP contribution in [0.4, 0.5) is 4.79 Å². The SMILES string of the molecule is [C-]#[N+]C([N+]#[C-])=C(/C(=C/C=C/C1=C(N2CCN(C(=O)OCC)CC2)C(=C/C=C/C(=C=[N-])/C(=C(/C#N)[N+]#[C-])c2ccccc2)/CC1)[N+]#[C-])c1ccccc1. The highest BCUT2D eigenvalue weighted by atomic mass is 16.6. The van der Waals surface area contributed by atoms with E-state index < -0.39 is 0 Å². The molecule has 10 nitrogen and oxygen atoms in total. The average Bonchev–Trinajstić information content (AvgIpc) is 3.59. The summed E-state index contributed by atoms with van der Waals surface area (Å²) in [6.45, 7) is 34.6. The van der Waals surface area contributed by atoms with E-state index in [0.29, 0.717) is 56.8 Å². The molecule has 2 aromatic rings. The van der Waals surface area contributed by atoms with Crippen LogP contribution in [0.5, 0.6) is 0 Å². The maximum absolute atomic E-state index is 12.4. The Hall–Kier alpha value is -7.41. The van der Waals surface area contributed by atoms with Crippen LogP contribution in [-0.2, 0) is 4.74 Å². The number of rotatable bonds is 10. The molecular formula is C42H33N8O2-. The number of nitriles is 1. The van der Waals surface area contributed by atoms with E-state index in [-0.39, 0.29) is 40.0 Å². The number of hydrogen-bond donors (Lipinski definition) is 0. The topological polar surface area (TPSA) is 96.3 Å². The third-order valence-corrected chi connectivity index (χ3v) is 8.29. The number of amides is 1. The maximum atomic E-state index is 12.4. The van der Waals surface area contributed by atoms with Crippen molar-refractivity contribution in [2.45, 2.75) is 19.8 Å². The number of nitrogens with zero attached hydrogens (tertiary/aromatic N) is 8. The number of hydrogen-bond acceptors (Lipinski definition) is 4. The normalized spacial score (nSPS) is 15.5. The summed E-state index contributed by atoms with van der Waals surface area (Å²) in [7, 11) is 0. The van der Waals surface area contributed by atoms with Crippen LogP contribution in [0.25, 0.3) is 35.9 Å². The van der Waals surface area contributed by atoms with Crippen LogP contribution >= 0.6 is 0 Å². The molecule has 0 radical (unpaired) electrons. The summed E-state index contributed by atoms with van der Waals surface area (Å²) in [6.07, 6.45) is 11.6. The van der Waals surface area contributed by atoms with Gasteiger partial charge in [-0.05, 0) is 53.7 Å². The van der Waals surface area contributed by atoms with Gasteiger partial charge in [-0.25, -0.2) is 19.7 Å². The van der Waals surface area contributed by atoms with Gasteiger partial charge < -0.3 is 19.9 Å². The highest BCUT2D eigenvalue weighted by molar-refractivity contribution is 5.95. The van der Waals surface area contributed by atoms with Crippen molar-refractivity contribution in [3.8, 4) is 6.07 Å². The zero-order valence-corrected chi connectivity index (χ0v) is 28.6. The minimum Gasteiger partial charge on any atom is -0.763 e. The summed E-state index contributed by atoms with van der Waals surface area (Å²) in [5.41, 5.74) is 4.88. The monoisotopic (exact) mass is 681 g/mol. The first kappa shape index (κ1) is 37.4. The quantitative estimate of drug-likeness (QED) is 0.108. The first-order valence-corrected chi connectivity index (χ1v) is 16.4. The van der Waals surface area contributed by atoms with Crippen molar-refractivity contribution in [3.05, 3.63) is 199 Å². The van der Waals surface area contributed by atoms with Crippen LogP contribution in [0.2, 0.25) is 0 Å². The van der Waals surface area contributed by atoms with Gasteiger partial charge in [0.25, 0.3) is 5.70 Å². The Morgan fingerprint density at radius 2 is 1.52 bits per heavy atom. The molecular weight excluding hydrogens is 649 g/mol. The predicted octanol–water partition coefficient (Wildman–Crippen LogP) is 8.88. The summed E-state index contributed by atoms with van der Waals surface area (Å²) in [5.74, 6) is 1.98. The van der Waals surface area contributed by atoms with E-state index in [1.165, 1.54) is 0 Å². The van der Waals surface area contributed by atoms with Crippen LogP contribution in [-0.4, -0.2) is 54.5 Å². The standard InChI is InChI=1S/C42H33N8O2/c1-6-52-42(51)50-27-25-49(26-28-50)40-33(19-13-21-35(29-43)38(37(30-44)46-3)31-15-9-7-10-16-31)23-24-34(40)20-14-22-36(45-2)39(41(47-4)48-5)32-17-11-8-12-18-32/h7-22H,6,23-28H2,1H3/q-1/b20-14+,21-13+,33-19+,36-22-,38-37-. The number of carbonyl (C=O) groups is 1. The van der Waals surface area contributed by atoms with E-state index in [9.17, 15) is 15.5 Å². The van der Waals surface area contributed by atoms with Gasteiger partial charge in [0.2, 0.25) is 0 Å². The lowest BCUT2D eigenvalue weighted by molar-refractivity contribution is 0.0873. The lowest BCUT2D eigenvalue weighted by atomic mass is 9.96. The van der Waals surface area contributed by atoms with Crippen molar-refractivity contribution in [3.63, 3.8) is 0 Å². The summed E-state index contributed by atoms with van der Waals surface area (Å²) < 4.78 is 5.21. The fourth-order valence-corrected chi connectivity index (χ4v) is 5.93. The molecule has 1 saturated heterocycles. The molecule has 1 fully saturated rings. The molecule has 0 spiro atoms. The zero-order valence-electron chi connectivity index (χ0n) is 28.6. The average molecular weight is 682 g/mol. The Kier molecular flexibility index (Phi) is 13.6. The molecule has 0 atom stereocenters. The summed E-state index contributed by atoms with van der Waals surface area (Å²) in [6, 6.07) is 19.8. The molecule has 2 aromatic carbocycles. The third-order valence-electron chi connectivity index (χ3n) is 8.29. The van der Waals surface area contributed by atoms with E-state index in [1.807, 2.05) is 30.4 Å². The fourth-order valence-electron chi connectivity index (χ4n) is 5.93. The molecule has 10 heteroatoms. The molecule has 1 heterocycles. The predicted molar refractivity (Wildman–Crippen MR) is 201 cm³/mol. The van der Waals surface area contributed by atoms with Gasteiger partial charge in [-0.3, -0.25) is 5.87 Å². The van der Waals surface area contributed by atoms with Gasteiger partial charge in [0.15, 0.2) is 5.70 Å². The minimum atomic E-state index is -0.350. The maximum Gasteiger partial charge on any atom is 0.516 e. The summed E-state index contributed by atoms with van der Waals surface area (Å²) in [4.78, 5) is 30.2. The first-order valence-electron chi connectivity index (χ1n) is 16.4. The Morgan fingerprint density at radius 3 is 2.06 bits per heavy atom. The second kappa shape index (κ2) is 19.0. The van der Waals surface area contributed by atoms with E-state index >= 15 is 0 Å². The van der Waals surface area contributed by atoms with Gasteiger partial charge >= 0.3 is 11.9 Å². The van der Waals surface area contributed by atoms with Crippen LogP contribution in [0, 0.1) is 37.6 Å². The molecule has 0 unspecified atom stereocenters. The molecule has 0 N–H and O–H groups in total. The fraction of sp³-hybridized carbons (Fsp3) is 0.190. The zero-order chi connectivity index (χ0) is 37.3. The Balaban J connectivity index is 1.75. The molecule has 1 amide bonds. The molecule has 1 aliphatic heterocycles. The lowest BCUT2D eigenvalue weighted by Crippen LogP contribution is -2.48. The van der Waals surface area contributed by atoms with Crippen molar-refractivity contribution in [1.29, 1.82) is 5.26 Å². The molecule has 0 saturated carbocycles. The van der Waals surface area contributed by atoms with E-state index in [4.69, 9.17) is 31.0 Å². The minimum absolute atomic E-state index is 0.171. The second-order valence-corrected chi connectivity index (χ2v) is 11.2. The van der Waals surface area contributed by atoms with E-state index in [2.05, 4.69) is 30.1 Å². The highest BCUT2D eigenvalue weighted by Crippen LogP contribution is 2.36. The van der Waals surface area contributed by atoms with Gasteiger partial charge in [0, 0.05) is 37.4 Å². The van der Waals surface area contributed by atoms with Crippen molar-refractivity contribution in [1.82, 2.24) is 9.80 Å². The lowest BCUT2D eigenvalue weighted by Gasteiger charge is -2.37. The van der Waals surface area contributed by atoms with Gasteiger partial charge in [0.1, 0.15) is 13.1 Å². The highest BCUT2D eigenvalue weighted by Gasteiger charge is 2.28. The van der Waals surface area contributed by atoms with E-state index in [1.54, 1.807) is 84.7 Å². The Morgan fingerprint density at radius 1 is 0.885 bits per heavy atom. The third kappa shape index (κ3) is 8.98. The molecule has 254 valence electrons. The number of carbonyl (C=O) groups excluding carboxylic acids is 1. The van der Waals surface area contributed by atoms with Crippen LogP contribution < -0.4 is 0 Å². The van der Waals surface area contributed by atoms with Crippen molar-refractivity contribution in [2.75, 3.05) is 32.8 Å². The van der Waals surface area contributed by atoms with Crippen molar-refractivity contribution in [2.24, 2.45) is 0 Å². The van der Waals surface area contributed by atoms with E-state index in [0.717, 1.165) is 16.8 Å². The number of piperazine rings is 1. The molecule has 1 aliphatic carbocycles. The summed E-state index contributed by atoms with van der Waals surface area (Å²) in [5, 5.41) is 19.8. The van der Waals surface area contributed by atoms with Crippen LogP contribution in [0.15, 0.2) is 137 Å². The Labute approximate surface area is 304 Å². The largest absolute Gasteiger partial charge is 0.763 e. The number of benzene rings is 2. The van der Waals surface area contributed by atoms with Crippen molar-refractivity contribution >= 4 is 23.1 Å². The summed E-state index contributed by atoms with van der Waals surface area (Å²) >= 11 is 0. The van der Waals surface area contributed by atoms with Gasteiger partial charge in [-0.15, -0.1) is 0 Å². The van der Waals surface area contributed by atoms with Gasteiger partial charge in [-0.1, -0.05) is 91.0 Å². The second-order valence-electron chi connectivity index (χ2n) is 11.2. The van der Waals surface area contributed by atoms with Crippen molar-refractivity contribution < 1.29 is 9.53 Å². The number of allylic oxidation sites excluding steroid dienone is 12. The Bertz CT molecular complexity index is 2140. The molecule has 0 aromatic heterocycles. The molecule has 52 heavy (non-hydrogen) atoms. The molecule has 0 bridgehead atoms.